The van der Waals surface area contributed by atoms with Crippen molar-refractivity contribution in [3.63, 3.8) is 0 Å². The van der Waals surface area contributed by atoms with E-state index in [2.05, 4.69) is 4.99 Å². The first kappa shape index (κ1) is 15.8. The zero-order valence-electron chi connectivity index (χ0n) is 13.8. The maximum Gasteiger partial charge on any atom is 0.363 e. The Morgan fingerprint density at radius 3 is 2.77 bits per heavy atom. The van der Waals surface area contributed by atoms with Crippen LogP contribution < -0.4 is 10.2 Å². The number of nitrogens with zero attached hydrogens (tertiary/aromatic N) is 1. The summed E-state index contributed by atoms with van der Waals surface area (Å²) in [7, 11) is 1.55. The molecule has 0 amide bonds. The minimum Gasteiger partial charge on any atom is -0.497 e. The van der Waals surface area contributed by atoms with Crippen LogP contribution in [0.5, 0.6) is 5.75 Å². The third kappa shape index (κ3) is 2.77. The highest BCUT2D eigenvalue weighted by molar-refractivity contribution is 6.13. The van der Waals surface area contributed by atoms with Crippen molar-refractivity contribution in [2.24, 2.45) is 4.99 Å². The van der Waals surface area contributed by atoms with Crippen LogP contribution in [0.4, 0.5) is 0 Å². The zero-order chi connectivity index (χ0) is 18.1. The molecule has 0 spiro atoms. The average molecular weight is 347 g/mol. The van der Waals surface area contributed by atoms with Crippen LogP contribution in [-0.4, -0.2) is 19.0 Å². The second kappa shape index (κ2) is 6.33. The second-order valence-corrected chi connectivity index (χ2v) is 5.58. The van der Waals surface area contributed by atoms with Gasteiger partial charge in [-0.25, -0.2) is 9.79 Å². The first-order chi connectivity index (χ1) is 12.7. The molecule has 0 bridgehead atoms. The van der Waals surface area contributed by atoms with E-state index in [0.717, 1.165) is 0 Å². The molecular weight excluding hydrogens is 334 g/mol. The van der Waals surface area contributed by atoms with Crippen LogP contribution in [0, 0.1) is 0 Å². The van der Waals surface area contributed by atoms with Gasteiger partial charge in [0.05, 0.1) is 18.1 Å². The quantitative estimate of drug-likeness (QED) is 0.537. The summed E-state index contributed by atoms with van der Waals surface area (Å²) in [5.41, 5.74) is 1.11. The van der Waals surface area contributed by atoms with Crippen molar-refractivity contribution in [1.82, 2.24) is 0 Å². The van der Waals surface area contributed by atoms with Gasteiger partial charge in [0.2, 0.25) is 5.90 Å². The van der Waals surface area contributed by atoms with E-state index in [1.54, 1.807) is 55.6 Å². The Bertz CT molecular complexity index is 1140. The normalized spacial score (nSPS) is 15.2. The molecule has 2 aromatic carbocycles. The summed E-state index contributed by atoms with van der Waals surface area (Å²) in [6.07, 6.45) is 2.68. The largest absolute Gasteiger partial charge is 0.497 e. The van der Waals surface area contributed by atoms with Crippen molar-refractivity contribution < 1.29 is 18.7 Å². The molecule has 0 aliphatic carbocycles. The van der Waals surface area contributed by atoms with Gasteiger partial charge in [0, 0.05) is 5.56 Å². The highest BCUT2D eigenvalue weighted by atomic mass is 16.6. The molecule has 0 radical (unpaired) electrons. The predicted molar refractivity (Wildman–Crippen MR) is 96.1 cm³/mol. The van der Waals surface area contributed by atoms with E-state index in [9.17, 15) is 9.59 Å². The molecule has 3 aromatic rings. The molecule has 6 nitrogen and oxygen atoms in total. The lowest BCUT2D eigenvalue weighted by atomic mass is 10.1. The fourth-order valence-corrected chi connectivity index (χ4v) is 2.63. The van der Waals surface area contributed by atoms with Crippen molar-refractivity contribution >= 4 is 28.9 Å². The van der Waals surface area contributed by atoms with Gasteiger partial charge >= 0.3 is 5.97 Å². The van der Waals surface area contributed by atoms with E-state index in [1.807, 2.05) is 0 Å². The molecule has 26 heavy (non-hydrogen) atoms. The van der Waals surface area contributed by atoms with Crippen molar-refractivity contribution in [3.05, 3.63) is 81.8 Å². The van der Waals surface area contributed by atoms with Gasteiger partial charge in [-0.3, -0.25) is 4.79 Å². The number of ether oxygens (including phenoxy) is 2. The summed E-state index contributed by atoms with van der Waals surface area (Å²) in [6.45, 7) is 0. The molecule has 2 heterocycles. The van der Waals surface area contributed by atoms with Gasteiger partial charge < -0.3 is 13.9 Å². The molecule has 4 rings (SSSR count). The molecule has 0 atom stereocenters. The van der Waals surface area contributed by atoms with Gasteiger partial charge in [0.25, 0.3) is 0 Å². The number of rotatable bonds is 3. The van der Waals surface area contributed by atoms with Crippen molar-refractivity contribution in [2.45, 2.75) is 0 Å². The van der Waals surface area contributed by atoms with Crippen LogP contribution >= 0.6 is 0 Å². The summed E-state index contributed by atoms with van der Waals surface area (Å²) >= 11 is 0. The molecular formula is C20H13NO5. The maximum absolute atomic E-state index is 12.5. The summed E-state index contributed by atoms with van der Waals surface area (Å²) < 4.78 is 15.8. The van der Waals surface area contributed by atoms with Crippen LogP contribution in [0.2, 0.25) is 0 Å². The Morgan fingerprint density at radius 1 is 1.08 bits per heavy atom. The monoisotopic (exact) mass is 347 g/mol. The first-order valence-electron chi connectivity index (χ1n) is 7.83. The number of fused-ring (bicyclic) bond motifs is 1. The lowest BCUT2D eigenvalue weighted by Gasteiger charge is -2.02. The third-order valence-corrected chi connectivity index (χ3v) is 3.94. The number of cyclic esters (lactones) is 1. The SMILES string of the molecule is COc1cccc(C2=N/C(=C\c3coc4ccccc4c3=O)C(=O)O2)c1. The average Bonchev–Trinajstić information content (AvgIpc) is 3.05. The van der Waals surface area contributed by atoms with Crippen LogP contribution in [0.15, 0.2) is 74.7 Å². The summed E-state index contributed by atoms with van der Waals surface area (Å²) in [6, 6.07) is 13.9. The van der Waals surface area contributed by atoms with Crippen LogP contribution in [0.1, 0.15) is 11.1 Å². The van der Waals surface area contributed by atoms with Crippen LogP contribution in [-0.2, 0) is 9.53 Å². The second-order valence-electron chi connectivity index (χ2n) is 5.58. The number of esters is 1. The van der Waals surface area contributed by atoms with Crippen molar-refractivity contribution in [3.8, 4) is 5.75 Å². The number of hydrogen-bond donors (Lipinski definition) is 0. The van der Waals surface area contributed by atoms with Gasteiger partial charge in [-0.1, -0.05) is 18.2 Å². The zero-order valence-corrected chi connectivity index (χ0v) is 13.8. The smallest absolute Gasteiger partial charge is 0.363 e. The van der Waals surface area contributed by atoms with E-state index in [-0.39, 0.29) is 22.6 Å². The third-order valence-electron chi connectivity index (χ3n) is 3.94. The molecule has 0 N–H and O–H groups in total. The lowest BCUT2D eigenvalue weighted by Crippen LogP contribution is -2.07. The maximum atomic E-state index is 12.5. The molecule has 6 heteroatoms. The number of methoxy groups -OCH3 is 1. The lowest BCUT2D eigenvalue weighted by molar-refractivity contribution is -0.129. The van der Waals surface area contributed by atoms with E-state index >= 15 is 0 Å². The highest BCUT2D eigenvalue weighted by Gasteiger charge is 2.25. The van der Waals surface area contributed by atoms with E-state index < -0.39 is 5.97 Å². The Balaban J connectivity index is 1.75. The van der Waals surface area contributed by atoms with Gasteiger partial charge in [0.15, 0.2) is 11.1 Å². The summed E-state index contributed by atoms with van der Waals surface area (Å²) in [4.78, 5) is 28.9. The summed E-state index contributed by atoms with van der Waals surface area (Å²) in [5, 5.41) is 0.435. The standard InChI is InChI=1S/C20H13NO5/c1-24-14-6-4-5-12(9-14)19-21-16(20(23)26-19)10-13-11-25-17-8-3-2-7-15(17)18(13)22/h2-11H,1H3/b16-10-. The Hall–Kier alpha value is -3.67. The molecule has 1 aliphatic heterocycles. The molecule has 0 saturated heterocycles. The van der Waals surface area contributed by atoms with Gasteiger partial charge in [-0.2, -0.15) is 0 Å². The number of carbonyl (C=O) groups is 1. The van der Waals surface area contributed by atoms with Gasteiger partial charge in [-0.15, -0.1) is 0 Å². The Kier molecular flexibility index (Phi) is 3.85. The predicted octanol–water partition coefficient (Wildman–Crippen LogP) is 3.15. The highest BCUT2D eigenvalue weighted by Crippen LogP contribution is 2.21. The molecule has 1 aromatic heterocycles. The minimum atomic E-state index is -0.629. The number of para-hydroxylation sites is 1. The topological polar surface area (TPSA) is 78.1 Å². The van der Waals surface area contributed by atoms with Gasteiger partial charge in [-0.05, 0) is 36.4 Å². The number of carbonyl (C=O) groups excluding carboxylic acids is 1. The van der Waals surface area contributed by atoms with E-state index in [0.29, 0.717) is 22.3 Å². The molecule has 0 fully saturated rings. The van der Waals surface area contributed by atoms with Crippen molar-refractivity contribution in [2.75, 3.05) is 7.11 Å². The van der Waals surface area contributed by atoms with Gasteiger partial charge in [0.1, 0.15) is 17.6 Å². The molecule has 0 unspecified atom stereocenters. The van der Waals surface area contributed by atoms with Crippen LogP contribution in [0.25, 0.3) is 17.0 Å². The fourth-order valence-electron chi connectivity index (χ4n) is 2.63. The number of benzene rings is 2. The molecule has 0 saturated carbocycles. The first-order valence-corrected chi connectivity index (χ1v) is 7.83. The molecule has 1 aliphatic rings. The Morgan fingerprint density at radius 2 is 1.92 bits per heavy atom. The molecule has 128 valence electrons. The van der Waals surface area contributed by atoms with Crippen LogP contribution in [0.3, 0.4) is 0 Å². The number of aliphatic imine (C=N–C) groups is 1. The van der Waals surface area contributed by atoms with Crippen molar-refractivity contribution in [1.29, 1.82) is 0 Å². The van der Waals surface area contributed by atoms with E-state index in [4.69, 9.17) is 13.9 Å². The summed E-state index contributed by atoms with van der Waals surface area (Å²) in [5.74, 6) is 0.148. The fraction of sp³-hybridized carbons (Fsp3) is 0.0500. The number of hydrogen-bond acceptors (Lipinski definition) is 6. The van der Waals surface area contributed by atoms with E-state index in [1.165, 1.54) is 12.3 Å². The minimum absolute atomic E-state index is 0.0328. The Labute approximate surface area is 148 Å².